The Morgan fingerprint density at radius 2 is 2.43 bits per heavy atom. The lowest BCUT2D eigenvalue weighted by atomic mass is 10.7. The summed E-state index contributed by atoms with van der Waals surface area (Å²) in [4.78, 5) is 0. The van der Waals surface area contributed by atoms with Gasteiger partial charge in [-0.25, -0.2) is 0 Å². The molecule has 0 aromatic heterocycles. The highest BCUT2D eigenvalue weighted by molar-refractivity contribution is 14.1. The van der Waals surface area contributed by atoms with Gasteiger partial charge in [0.15, 0.2) is 0 Å². The fourth-order valence-corrected chi connectivity index (χ4v) is 0.336. The minimum atomic E-state index is 1.69. The predicted octanol–water partition coefficient (Wildman–Crippen LogP) is 1.14. The SMILES string of the molecule is CN/N=C\C=C/I. The molecule has 40 valence electrons. The summed E-state index contributed by atoms with van der Waals surface area (Å²) in [5, 5.41) is 3.69. The molecule has 0 aliphatic heterocycles. The number of hydrogen-bond donors (Lipinski definition) is 1. The summed E-state index contributed by atoms with van der Waals surface area (Å²) in [5.74, 6) is 0. The summed E-state index contributed by atoms with van der Waals surface area (Å²) in [6.45, 7) is 0. The summed E-state index contributed by atoms with van der Waals surface area (Å²) < 4.78 is 1.89. The number of hydrogen-bond acceptors (Lipinski definition) is 2. The zero-order valence-electron chi connectivity index (χ0n) is 4.06. The van der Waals surface area contributed by atoms with E-state index in [-0.39, 0.29) is 0 Å². The zero-order chi connectivity index (χ0) is 5.54. The van der Waals surface area contributed by atoms with Gasteiger partial charge in [-0.3, -0.25) is 0 Å². The second kappa shape index (κ2) is 5.94. The first-order valence-corrected chi connectivity index (χ1v) is 3.11. The molecule has 0 saturated carbocycles. The van der Waals surface area contributed by atoms with Crippen LogP contribution in [0.4, 0.5) is 0 Å². The van der Waals surface area contributed by atoms with E-state index < -0.39 is 0 Å². The van der Waals surface area contributed by atoms with E-state index in [4.69, 9.17) is 0 Å². The minimum Gasteiger partial charge on any atom is -0.313 e. The molecule has 0 aliphatic rings. The maximum atomic E-state index is 3.69. The Morgan fingerprint density at radius 3 is 2.86 bits per heavy atom. The van der Waals surface area contributed by atoms with Crippen LogP contribution in [0.15, 0.2) is 15.3 Å². The summed E-state index contributed by atoms with van der Waals surface area (Å²) in [6, 6.07) is 0. The molecule has 0 aliphatic carbocycles. The zero-order valence-corrected chi connectivity index (χ0v) is 6.21. The maximum absolute atomic E-state index is 3.69. The van der Waals surface area contributed by atoms with E-state index in [0.717, 1.165) is 0 Å². The Hall–Kier alpha value is -0.0600. The lowest BCUT2D eigenvalue weighted by molar-refractivity contribution is 0.909. The van der Waals surface area contributed by atoms with E-state index in [0.29, 0.717) is 0 Å². The van der Waals surface area contributed by atoms with E-state index in [2.05, 4.69) is 33.1 Å². The summed E-state index contributed by atoms with van der Waals surface area (Å²) >= 11 is 2.13. The molecule has 0 fully saturated rings. The van der Waals surface area contributed by atoms with Gasteiger partial charge in [0.05, 0.1) is 0 Å². The molecule has 0 amide bonds. The van der Waals surface area contributed by atoms with Gasteiger partial charge >= 0.3 is 0 Å². The molecule has 0 saturated heterocycles. The van der Waals surface area contributed by atoms with Crippen LogP contribution in [0.2, 0.25) is 0 Å². The Bertz CT molecular complexity index is 77.8. The molecule has 0 unspecified atom stereocenters. The van der Waals surface area contributed by atoms with Crippen molar-refractivity contribution in [1.82, 2.24) is 5.43 Å². The molecule has 0 rings (SSSR count). The Kier molecular flexibility index (Phi) is 5.89. The normalized spacial score (nSPS) is 11.1. The van der Waals surface area contributed by atoms with Gasteiger partial charge < -0.3 is 5.43 Å². The van der Waals surface area contributed by atoms with Crippen molar-refractivity contribution in [2.45, 2.75) is 0 Å². The van der Waals surface area contributed by atoms with Gasteiger partial charge in [-0.05, 0) is 10.2 Å². The first kappa shape index (κ1) is 6.94. The Balaban J connectivity index is 3.09. The third-order valence-corrected chi connectivity index (χ3v) is 0.778. The number of rotatable bonds is 2. The van der Waals surface area contributed by atoms with Gasteiger partial charge in [-0.15, -0.1) is 0 Å². The van der Waals surface area contributed by atoms with Crippen LogP contribution in [0.1, 0.15) is 0 Å². The van der Waals surface area contributed by atoms with Crippen molar-refractivity contribution in [3.63, 3.8) is 0 Å². The molecule has 0 spiro atoms. The van der Waals surface area contributed by atoms with Crippen molar-refractivity contribution in [3.8, 4) is 0 Å². The second-order valence-corrected chi connectivity index (χ2v) is 1.54. The van der Waals surface area contributed by atoms with E-state index in [1.807, 2.05) is 10.2 Å². The molecule has 0 aromatic rings. The van der Waals surface area contributed by atoms with Crippen molar-refractivity contribution in [3.05, 3.63) is 10.2 Å². The Labute approximate surface area is 56.8 Å². The highest BCUT2D eigenvalue weighted by Crippen LogP contribution is 1.78. The third kappa shape index (κ3) is 5.94. The lowest BCUT2D eigenvalue weighted by Crippen LogP contribution is -1.91. The maximum Gasteiger partial charge on any atom is 0.0472 e. The first-order chi connectivity index (χ1) is 3.41. The van der Waals surface area contributed by atoms with Crippen molar-refractivity contribution >= 4 is 28.8 Å². The van der Waals surface area contributed by atoms with Gasteiger partial charge in [0.2, 0.25) is 0 Å². The average Bonchev–Trinajstić information content (AvgIpc) is 1.69. The number of nitrogens with one attached hydrogen (secondary N) is 1. The van der Waals surface area contributed by atoms with E-state index in [9.17, 15) is 0 Å². The standard InChI is InChI=1S/C4H7IN2/c1-6-7-4-2-3-5/h2-4,6H,1H3/b3-2-,7-4-. The molecule has 3 heteroatoms. The fraction of sp³-hybridized carbons (Fsp3) is 0.250. The van der Waals surface area contributed by atoms with Crippen LogP contribution in [-0.2, 0) is 0 Å². The lowest BCUT2D eigenvalue weighted by Gasteiger charge is -1.77. The molecule has 0 atom stereocenters. The molecule has 0 bridgehead atoms. The first-order valence-electron chi connectivity index (χ1n) is 1.87. The van der Waals surface area contributed by atoms with E-state index >= 15 is 0 Å². The molecule has 0 radical (unpaired) electrons. The van der Waals surface area contributed by atoms with Crippen LogP contribution < -0.4 is 5.43 Å². The van der Waals surface area contributed by atoms with Gasteiger partial charge in [-0.2, -0.15) is 5.10 Å². The van der Waals surface area contributed by atoms with Crippen LogP contribution in [0.5, 0.6) is 0 Å². The van der Waals surface area contributed by atoms with Crippen molar-refractivity contribution in [1.29, 1.82) is 0 Å². The van der Waals surface area contributed by atoms with Gasteiger partial charge in [0.1, 0.15) is 0 Å². The highest BCUT2D eigenvalue weighted by Gasteiger charge is 1.55. The predicted molar refractivity (Wildman–Crippen MR) is 40.7 cm³/mol. The topological polar surface area (TPSA) is 24.4 Å². The average molecular weight is 210 g/mol. The largest absolute Gasteiger partial charge is 0.313 e. The van der Waals surface area contributed by atoms with Gasteiger partial charge in [0, 0.05) is 13.3 Å². The van der Waals surface area contributed by atoms with Crippen LogP contribution in [0.3, 0.4) is 0 Å². The monoisotopic (exact) mass is 210 g/mol. The number of allylic oxidation sites excluding steroid dienone is 1. The van der Waals surface area contributed by atoms with Crippen LogP contribution in [0.25, 0.3) is 0 Å². The quantitative estimate of drug-likeness (QED) is 0.412. The van der Waals surface area contributed by atoms with Crippen LogP contribution >= 0.6 is 22.6 Å². The molecule has 0 aromatic carbocycles. The fourth-order valence-electron chi connectivity index (χ4n) is 0.150. The van der Waals surface area contributed by atoms with Gasteiger partial charge in [-0.1, -0.05) is 22.6 Å². The van der Waals surface area contributed by atoms with Crippen molar-refractivity contribution < 1.29 is 0 Å². The molecular weight excluding hydrogens is 203 g/mol. The van der Waals surface area contributed by atoms with Crippen molar-refractivity contribution in [2.75, 3.05) is 7.05 Å². The molecule has 2 nitrogen and oxygen atoms in total. The van der Waals surface area contributed by atoms with Crippen LogP contribution in [-0.4, -0.2) is 13.3 Å². The summed E-state index contributed by atoms with van der Waals surface area (Å²) in [6.07, 6.45) is 3.53. The highest BCUT2D eigenvalue weighted by atomic mass is 127. The molecular formula is C4H7IN2. The van der Waals surface area contributed by atoms with E-state index in [1.54, 1.807) is 13.3 Å². The number of nitrogens with zero attached hydrogens (tertiary/aromatic N) is 1. The van der Waals surface area contributed by atoms with Gasteiger partial charge in [0.25, 0.3) is 0 Å². The smallest absolute Gasteiger partial charge is 0.0472 e. The van der Waals surface area contributed by atoms with Crippen LogP contribution in [0, 0.1) is 0 Å². The molecule has 0 heterocycles. The third-order valence-electron chi connectivity index (χ3n) is 0.362. The number of hydrazone groups is 1. The minimum absolute atomic E-state index is 1.69. The van der Waals surface area contributed by atoms with E-state index in [1.165, 1.54) is 0 Å². The summed E-state index contributed by atoms with van der Waals surface area (Å²) in [5.41, 5.74) is 2.62. The molecule has 7 heavy (non-hydrogen) atoms. The van der Waals surface area contributed by atoms with Crippen molar-refractivity contribution in [2.24, 2.45) is 5.10 Å². The summed E-state index contributed by atoms with van der Waals surface area (Å²) in [7, 11) is 1.76. The second-order valence-electron chi connectivity index (χ2n) is 0.820. The number of halogens is 1. The Morgan fingerprint density at radius 1 is 1.71 bits per heavy atom. The molecule has 1 N–H and O–H groups in total.